The van der Waals surface area contributed by atoms with Gasteiger partial charge in [-0.25, -0.2) is 0 Å². The molecule has 46 heavy (non-hydrogen) atoms. The van der Waals surface area contributed by atoms with E-state index in [0.717, 1.165) is 11.1 Å². The average Bonchev–Trinajstić information content (AvgIpc) is 3.10. The van der Waals surface area contributed by atoms with Crippen LogP contribution in [0.3, 0.4) is 0 Å². The number of aliphatic hydroxyl groups excluding tert-OH is 1. The molecule has 0 saturated heterocycles. The van der Waals surface area contributed by atoms with Gasteiger partial charge in [0, 0.05) is 48.3 Å². The summed E-state index contributed by atoms with van der Waals surface area (Å²) in [6, 6.07) is 20.1. The van der Waals surface area contributed by atoms with Crippen LogP contribution < -0.4 is 33.2 Å². The predicted octanol–water partition coefficient (Wildman–Crippen LogP) is 5.75. The van der Waals surface area contributed by atoms with Crippen molar-refractivity contribution >= 4 is 0 Å². The van der Waals surface area contributed by atoms with Crippen molar-refractivity contribution in [1.29, 1.82) is 0 Å². The van der Waals surface area contributed by atoms with Crippen molar-refractivity contribution < 1.29 is 48.1 Å². The Morgan fingerprint density at radius 2 is 1.28 bits per heavy atom. The van der Waals surface area contributed by atoms with E-state index in [1.165, 1.54) is 7.11 Å². The number of hydrogen-bond donors (Lipinski definition) is 2. The largest absolute Gasteiger partial charge is 0.507 e. The van der Waals surface area contributed by atoms with E-state index >= 15 is 0 Å². The van der Waals surface area contributed by atoms with E-state index in [2.05, 4.69) is 0 Å². The molecule has 2 aliphatic heterocycles. The molecule has 10 heteroatoms. The third-order valence-electron chi connectivity index (χ3n) is 8.84. The van der Waals surface area contributed by atoms with Crippen molar-refractivity contribution in [3.8, 4) is 46.0 Å². The van der Waals surface area contributed by atoms with Crippen LogP contribution in [0.4, 0.5) is 0 Å². The summed E-state index contributed by atoms with van der Waals surface area (Å²) in [6.45, 7) is 0. The monoisotopic (exact) mass is 630 g/mol. The normalized spacial score (nSPS) is 21.6. The Morgan fingerprint density at radius 3 is 1.93 bits per heavy atom. The van der Waals surface area contributed by atoms with E-state index in [1.54, 1.807) is 53.7 Å². The van der Waals surface area contributed by atoms with Gasteiger partial charge in [-0.15, -0.1) is 0 Å². The molecule has 4 aromatic carbocycles. The molecule has 0 aromatic heterocycles. The van der Waals surface area contributed by atoms with Gasteiger partial charge >= 0.3 is 0 Å². The van der Waals surface area contributed by atoms with Crippen LogP contribution in [0.25, 0.3) is 0 Å². The first-order valence-corrected chi connectivity index (χ1v) is 14.9. The molecule has 0 saturated carbocycles. The zero-order chi connectivity index (χ0) is 32.5. The van der Waals surface area contributed by atoms with E-state index in [-0.39, 0.29) is 5.75 Å². The van der Waals surface area contributed by atoms with Gasteiger partial charge in [0.25, 0.3) is 0 Å². The zero-order valence-electron chi connectivity index (χ0n) is 26.6. The molecule has 2 heterocycles. The highest BCUT2D eigenvalue weighted by Gasteiger charge is 2.44. The molecule has 10 nitrogen and oxygen atoms in total. The lowest BCUT2D eigenvalue weighted by molar-refractivity contribution is -0.0126. The first kappa shape index (κ1) is 31.2. The van der Waals surface area contributed by atoms with Crippen molar-refractivity contribution in [3.63, 3.8) is 0 Å². The van der Waals surface area contributed by atoms with Gasteiger partial charge in [0.15, 0.2) is 23.7 Å². The maximum absolute atomic E-state index is 12.0. The number of rotatable bonds is 9. The molecule has 4 aromatic rings. The van der Waals surface area contributed by atoms with Gasteiger partial charge in [0.1, 0.15) is 46.7 Å². The van der Waals surface area contributed by atoms with Crippen molar-refractivity contribution in [1.82, 2.24) is 0 Å². The molecule has 2 aliphatic rings. The van der Waals surface area contributed by atoms with Crippen LogP contribution in [-0.2, 0) is 11.2 Å². The Kier molecular flexibility index (Phi) is 8.75. The van der Waals surface area contributed by atoms with Crippen molar-refractivity contribution in [2.24, 2.45) is 0 Å². The lowest BCUT2D eigenvalue weighted by Crippen LogP contribution is -2.36. The van der Waals surface area contributed by atoms with Gasteiger partial charge in [0.2, 0.25) is 0 Å². The second kappa shape index (κ2) is 12.9. The van der Waals surface area contributed by atoms with E-state index in [1.807, 2.05) is 48.5 Å². The van der Waals surface area contributed by atoms with Crippen LogP contribution in [0.2, 0.25) is 0 Å². The minimum Gasteiger partial charge on any atom is -0.507 e. The van der Waals surface area contributed by atoms with Crippen LogP contribution in [0, 0.1) is 0 Å². The van der Waals surface area contributed by atoms with Gasteiger partial charge in [0.05, 0.1) is 35.5 Å². The molecular formula is C36H38O10. The van der Waals surface area contributed by atoms with Gasteiger partial charge < -0.3 is 48.1 Å². The molecular weight excluding hydrogens is 592 g/mol. The summed E-state index contributed by atoms with van der Waals surface area (Å²) in [4.78, 5) is 0. The number of aliphatic hydroxyl groups is 1. The first-order valence-electron chi connectivity index (χ1n) is 14.9. The number of ether oxygens (including phenoxy) is 8. The Balaban J connectivity index is 1.46. The maximum Gasteiger partial charge on any atom is 0.161 e. The number of methoxy groups -OCH3 is 6. The van der Waals surface area contributed by atoms with E-state index < -0.39 is 30.3 Å². The summed E-state index contributed by atoms with van der Waals surface area (Å²) in [5.74, 6) is 3.01. The molecule has 0 bridgehead atoms. The molecule has 0 amide bonds. The summed E-state index contributed by atoms with van der Waals surface area (Å²) in [5.41, 5.74) is 3.21. The zero-order valence-corrected chi connectivity index (χ0v) is 26.6. The Morgan fingerprint density at radius 1 is 0.630 bits per heavy atom. The average molecular weight is 631 g/mol. The summed E-state index contributed by atoms with van der Waals surface area (Å²) >= 11 is 0. The smallest absolute Gasteiger partial charge is 0.161 e. The second-order valence-corrected chi connectivity index (χ2v) is 11.1. The summed E-state index contributed by atoms with van der Waals surface area (Å²) in [7, 11) is 9.47. The number of benzene rings is 4. The van der Waals surface area contributed by atoms with E-state index in [4.69, 9.17) is 37.9 Å². The summed E-state index contributed by atoms with van der Waals surface area (Å²) in [5, 5.41) is 24.1. The topological polar surface area (TPSA) is 114 Å². The Bertz CT molecular complexity index is 1700. The predicted molar refractivity (Wildman–Crippen MR) is 169 cm³/mol. The number of aromatic hydroxyl groups is 1. The highest BCUT2D eigenvalue weighted by molar-refractivity contribution is 5.63. The quantitative estimate of drug-likeness (QED) is 0.237. The highest BCUT2D eigenvalue weighted by atomic mass is 16.5. The fourth-order valence-electron chi connectivity index (χ4n) is 6.44. The van der Waals surface area contributed by atoms with Gasteiger partial charge in [-0.05, 0) is 41.5 Å². The molecule has 0 aliphatic carbocycles. The highest BCUT2D eigenvalue weighted by Crippen LogP contribution is 2.54. The van der Waals surface area contributed by atoms with Crippen LogP contribution in [0.5, 0.6) is 46.0 Å². The molecule has 2 N–H and O–H groups in total. The Hall–Kier alpha value is -4.80. The standard InChI is InChI=1S/C36H38O10/c1-39-21-10-7-19(8-11-21)36-34(38)31(23-13-12-22(40-2)16-26(23)46-36)32-29(43-5)18-27-24(33(32)37)17-30(44-6)35(45-27)20-9-14-25(41-3)28(15-20)42-4/h7-16,18,30-31,34-38H,17H2,1-6H3. The van der Waals surface area contributed by atoms with Crippen molar-refractivity contribution in [2.45, 2.75) is 36.8 Å². The number of phenolic OH excluding ortho intramolecular Hbond substituents is 1. The van der Waals surface area contributed by atoms with Crippen LogP contribution in [0.15, 0.2) is 66.7 Å². The van der Waals surface area contributed by atoms with Crippen LogP contribution in [-0.4, -0.2) is 65.1 Å². The minimum atomic E-state index is -1.10. The third-order valence-corrected chi connectivity index (χ3v) is 8.84. The minimum absolute atomic E-state index is 0.0386. The lowest BCUT2D eigenvalue weighted by atomic mass is 9.78. The van der Waals surface area contributed by atoms with Gasteiger partial charge in [-0.3, -0.25) is 0 Å². The van der Waals surface area contributed by atoms with Crippen molar-refractivity contribution in [2.75, 3.05) is 42.7 Å². The second-order valence-electron chi connectivity index (χ2n) is 11.1. The molecule has 242 valence electrons. The number of hydrogen-bond acceptors (Lipinski definition) is 10. The maximum atomic E-state index is 12.0. The van der Waals surface area contributed by atoms with E-state index in [9.17, 15) is 10.2 Å². The summed E-state index contributed by atoms with van der Waals surface area (Å²) < 4.78 is 46.5. The van der Waals surface area contributed by atoms with Crippen LogP contribution in [0.1, 0.15) is 45.9 Å². The van der Waals surface area contributed by atoms with Gasteiger partial charge in [-0.2, -0.15) is 0 Å². The lowest BCUT2D eigenvalue weighted by Gasteiger charge is -2.39. The van der Waals surface area contributed by atoms with E-state index in [0.29, 0.717) is 63.4 Å². The van der Waals surface area contributed by atoms with Crippen molar-refractivity contribution in [3.05, 3.63) is 94.5 Å². The van der Waals surface area contributed by atoms with Crippen LogP contribution >= 0.6 is 0 Å². The number of phenols is 1. The van der Waals surface area contributed by atoms with Gasteiger partial charge in [-0.1, -0.05) is 24.3 Å². The molecule has 5 atom stereocenters. The molecule has 6 rings (SSSR count). The fraction of sp³-hybridized carbons (Fsp3) is 0.333. The Labute approximate surface area is 267 Å². The molecule has 0 fully saturated rings. The SMILES string of the molecule is COc1ccc(C2Oc3cc(OC)ccc3C(c3c(OC)cc4c(c3O)CC(OC)C(c3ccc(OC)c(OC)c3)O4)C2O)cc1. The molecule has 0 spiro atoms. The molecule has 0 radical (unpaired) electrons. The first-order chi connectivity index (χ1) is 22.3. The number of fused-ring (bicyclic) bond motifs is 2. The molecule has 5 unspecified atom stereocenters. The third kappa shape index (κ3) is 5.37. The summed E-state index contributed by atoms with van der Waals surface area (Å²) in [6.07, 6.45) is -2.48. The fourth-order valence-corrected chi connectivity index (χ4v) is 6.44.